The standard InChI is InChI=1S/C10H14Cl2N4/c1-3-15-5-6-16(4-2)8-7(15)9(11)13-14-10(8)12/h3-6H2,1-2H3. The Bertz CT molecular complexity index is 360. The molecule has 0 aromatic carbocycles. The number of nitrogens with zero attached hydrogens (tertiary/aromatic N) is 4. The highest BCUT2D eigenvalue weighted by molar-refractivity contribution is 6.36. The largest absolute Gasteiger partial charge is 0.366 e. The van der Waals surface area contributed by atoms with Gasteiger partial charge in [-0.05, 0) is 13.8 Å². The van der Waals surface area contributed by atoms with Crippen molar-refractivity contribution in [1.29, 1.82) is 0 Å². The Morgan fingerprint density at radius 1 is 0.938 bits per heavy atom. The molecule has 0 atom stereocenters. The summed E-state index contributed by atoms with van der Waals surface area (Å²) in [4.78, 5) is 4.37. The van der Waals surface area contributed by atoms with Crippen LogP contribution in [0.25, 0.3) is 0 Å². The summed E-state index contributed by atoms with van der Waals surface area (Å²) < 4.78 is 0. The number of hydrogen-bond acceptors (Lipinski definition) is 4. The van der Waals surface area contributed by atoms with Gasteiger partial charge in [-0.3, -0.25) is 0 Å². The van der Waals surface area contributed by atoms with Gasteiger partial charge >= 0.3 is 0 Å². The summed E-state index contributed by atoms with van der Waals surface area (Å²) >= 11 is 12.2. The van der Waals surface area contributed by atoms with Crippen LogP contribution in [-0.4, -0.2) is 36.4 Å². The summed E-state index contributed by atoms with van der Waals surface area (Å²) in [6.07, 6.45) is 0. The molecule has 0 saturated carbocycles. The van der Waals surface area contributed by atoms with Gasteiger partial charge in [0, 0.05) is 26.2 Å². The molecule has 2 rings (SSSR count). The van der Waals surface area contributed by atoms with Crippen LogP contribution in [-0.2, 0) is 0 Å². The third-order valence-electron chi connectivity index (χ3n) is 2.88. The molecule has 16 heavy (non-hydrogen) atoms. The topological polar surface area (TPSA) is 32.3 Å². The van der Waals surface area contributed by atoms with E-state index in [2.05, 4.69) is 33.8 Å². The van der Waals surface area contributed by atoms with Gasteiger partial charge in [-0.15, -0.1) is 10.2 Å². The Balaban J connectivity index is 2.57. The minimum Gasteiger partial charge on any atom is -0.366 e. The van der Waals surface area contributed by atoms with Crippen molar-refractivity contribution in [2.24, 2.45) is 0 Å². The molecule has 1 aromatic rings. The third kappa shape index (κ3) is 1.80. The molecule has 0 radical (unpaired) electrons. The van der Waals surface area contributed by atoms with Crippen LogP contribution < -0.4 is 9.80 Å². The molecule has 1 aliphatic rings. The average Bonchev–Trinajstić information content (AvgIpc) is 2.32. The third-order valence-corrected chi connectivity index (χ3v) is 3.39. The maximum absolute atomic E-state index is 6.11. The molecule has 0 bridgehead atoms. The zero-order chi connectivity index (χ0) is 11.7. The van der Waals surface area contributed by atoms with Crippen molar-refractivity contribution in [2.75, 3.05) is 36.0 Å². The monoisotopic (exact) mass is 260 g/mol. The smallest absolute Gasteiger partial charge is 0.177 e. The lowest BCUT2D eigenvalue weighted by molar-refractivity contribution is 0.715. The van der Waals surface area contributed by atoms with Gasteiger partial charge in [0.1, 0.15) is 11.4 Å². The molecule has 88 valence electrons. The minimum atomic E-state index is 0.430. The van der Waals surface area contributed by atoms with Gasteiger partial charge in [0.2, 0.25) is 0 Å². The van der Waals surface area contributed by atoms with Crippen LogP contribution in [0.5, 0.6) is 0 Å². The summed E-state index contributed by atoms with van der Waals surface area (Å²) in [7, 11) is 0. The predicted molar refractivity (Wildman–Crippen MR) is 67.8 cm³/mol. The number of hydrogen-bond donors (Lipinski definition) is 0. The summed E-state index contributed by atoms with van der Waals surface area (Å²) in [5.74, 6) is 0. The maximum atomic E-state index is 6.11. The molecule has 0 unspecified atom stereocenters. The summed E-state index contributed by atoms with van der Waals surface area (Å²) in [6.45, 7) is 7.86. The minimum absolute atomic E-state index is 0.430. The lowest BCUT2D eigenvalue weighted by Gasteiger charge is -2.38. The zero-order valence-electron chi connectivity index (χ0n) is 9.37. The first-order chi connectivity index (χ1) is 7.69. The van der Waals surface area contributed by atoms with Crippen LogP contribution in [0.4, 0.5) is 11.4 Å². The molecule has 0 fully saturated rings. The highest BCUT2D eigenvalue weighted by atomic mass is 35.5. The second-order valence-electron chi connectivity index (χ2n) is 3.64. The van der Waals surface area contributed by atoms with Crippen LogP contribution in [0.2, 0.25) is 10.3 Å². The first-order valence-corrected chi connectivity index (χ1v) is 6.16. The molecule has 1 aliphatic heterocycles. The molecule has 6 heteroatoms. The molecule has 0 saturated heterocycles. The van der Waals surface area contributed by atoms with Crippen molar-refractivity contribution < 1.29 is 0 Å². The summed E-state index contributed by atoms with van der Waals surface area (Å²) in [5, 5.41) is 8.61. The van der Waals surface area contributed by atoms with Gasteiger partial charge < -0.3 is 9.80 Å². The van der Waals surface area contributed by atoms with E-state index in [1.807, 2.05) is 0 Å². The zero-order valence-corrected chi connectivity index (χ0v) is 10.9. The Labute approximate surface area is 105 Å². The number of aromatic nitrogens is 2. The second kappa shape index (κ2) is 4.63. The van der Waals surface area contributed by atoms with Crippen molar-refractivity contribution in [3.05, 3.63) is 10.3 Å². The van der Waals surface area contributed by atoms with Gasteiger partial charge in [-0.2, -0.15) is 0 Å². The molecule has 4 nitrogen and oxygen atoms in total. The van der Waals surface area contributed by atoms with Gasteiger partial charge in [-0.1, -0.05) is 23.2 Å². The van der Waals surface area contributed by atoms with Crippen molar-refractivity contribution in [3.8, 4) is 0 Å². The van der Waals surface area contributed by atoms with E-state index >= 15 is 0 Å². The van der Waals surface area contributed by atoms with Gasteiger partial charge in [-0.25, -0.2) is 0 Å². The highest BCUT2D eigenvalue weighted by Crippen LogP contribution is 2.41. The summed E-state index contributed by atoms with van der Waals surface area (Å²) in [6, 6.07) is 0. The van der Waals surface area contributed by atoms with E-state index in [1.165, 1.54) is 0 Å². The Morgan fingerprint density at radius 3 is 1.62 bits per heavy atom. The second-order valence-corrected chi connectivity index (χ2v) is 4.35. The SMILES string of the molecule is CCN1CCN(CC)c2c(Cl)nnc(Cl)c21. The van der Waals surface area contributed by atoms with Crippen molar-refractivity contribution in [1.82, 2.24) is 10.2 Å². The van der Waals surface area contributed by atoms with E-state index in [0.29, 0.717) is 10.3 Å². The number of rotatable bonds is 2. The van der Waals surface area contributed by atoms with E-state index in [9.17, 15) is 0 Å². The van der Waals surface area contributed by atoms with Gasteiger partial charge in [0.05, 0.1) is 0 Å². The lowest BCUT2D eigenvalue weighted by atomic mass is 10.2. The molecule has 2 heterocycles. The molecular weight excluding hydrogens is 247 g/mol. The first-order valence-electron chi connectivity index (χ1n) is 5.40. The molecule has 1 aromatic heterocycles. The van der Waals surface area contributed by atoms with Gasteiger partial charge in [0.25, 0.3) is 0 Å². The quantitative estimate of drug-likeness (QED) is 0.818. The van der Waals surface area contributed by atoms with E-state index in [-0.39, 0.29) is 0 Å². The summed E-state index contributed by atoms with van der Waals surface area (Å²) in [5.41, 5.74) is 1.83. The first kappa shape index (κ1) is 11.7. The van der Waals surface area contributed by atoms with E-state index in [0.717, 1.165) is 37.6 Å². The number of anilines is 2. The molecule has 0 aliphatic carbocycles. The van der Waals surface area contributed by atoms with Crippen LogP contribution in [0.3, 0.4) is 0 Å². The Morgan fingerprint density at radius 2 is 1.31 bits per heavy atom. The van der Waals surface area contributed by atoms with Crippen molar-refractivity contribution >= 4 is 34.6 Å². The lowest BCUT2D eigenvalue weighted by Crippen LogP contribution is -2.41. The molecular formula is C10H14Cl2N4. The Kier molecular flexibility index (Phi) is 3.40. The van der Waals surface area contributed by atoms with Crippen molar-refractivity contribution in [3.63, 3.8) is 0 Å². The van der Waals surface area contributed by atoms with Gasteiger partial charge in [0.15, 0.2) is 10.3 Å². The molecule has 0 spiro atoms. The van der Waals surface area contributed by atoms with Crippen LogP contribution in [0, 0.1) is 0 Å². The van der Waals surface area contributed by atoms with Crippen LogP contribution >= 0.6 is 23.2 Å². The van der Waals surface area contributed by atoms with Crippen molar-refractivity contribution in [2.45, 2.75) is 13.8 Å². The number of halogens is 2. The predicted octanol–water partition coefficient (Wildman–Crippen LogP) is 2.45. The fourth-order valence-corrected chi connectivity index (χ4v) is 2.53. The number of likely N-dealkylation sites (N-methyl/N-ethyl adjacent to an activating group) is 2. The number of fused-ring (bicyclic) bond motifs is 1. The fraction of sp³-hybridized carbons (Fsp3) is 0.600. The van der Waals surface area contributed by atoms with E-state index < -0.39 is 0 Å². The average molecular weight is 261 g/mol. The van der Waals surface area contributed by atoms with Crippen LogP contribution in [0.1, 0.15) is 13.8 Å². The maximum Gasteiger partial charge on any atom is 0.177 e. The van der Waals surface area contributed by atoms with E-state index in [1.54, 1.807) is 0 Å². The van der Waals surface area contributed by atoms with E-state index in [4.69, 9.17) is 23.2 Å². The molecule has 0 N–H and O–H groups in total. The molecule has 0 amide bonds. The Hall–Kier alpha value is -0.740. The highest BCUT2D eigenvalue weighted by Gasteiger charge is 2.27. The van der Waals surface area contributed by atoms with Crippen LogP contribution in [0.15, 0.2) is 0 Å². The normalized spacial score (nSPS) is 15.2. The fourth-order valence-electron chi connectivity index (χ4n) is 2.04.